The summed E-state index contributed by atoms with van der Waals surface area (Å²) in [7, 11) is 1.96. The average molecular weight is 434 g/mol. The molecule has 32 heavy (non-hydrogen) atoms. The minimum atomic E-state index is -1.27. The second-order valence-electron chi connectivity index (χ2n) is 8.75. The molecule has 2 heterocycles. The number of nitrogens with zero attached hydrogens (tertiary/aromatic N) is 4. The Morgan fingerprint density at radius 1 is 1.09 bits per heavy atom. The second-order valence-corrected chi connectivity index (χ2v) is 8.75. The van der Waals surface area contributed by atoms with Gasteiger partial charge in [0.15, 0.2) is 0 Å². The predicted molar refractivity (Wildman–Crippen MR) is 119 cm³/mol. The van der Waals surface area contributed by atoms with Crippen molar-refractivity contribution in [3.8, 4) is 11.1 Å². The van der Waals surface area contributed by atoms with Gasteiger partial charge in [-0.25, -0.2) is 4.98 Å². The molecule has 2 fully saturated rings. The molecule has 3 aromatic rings. The van der Waals surface area contributed by atoms with Crippen molar-refractivity contribution in [1.29, 1.82) is 0 Å². The summed E-state index contributed by atoms with van der Waals surface area (Å²) in [5.41, 5.74) is 3.29. The van der Waals surface area contributed by atoms with Crippen LogP contribution in [-0.2, 0) is 11.8 Å². The number of hydrogen-bond acceptors (Lipinski definition) is 5. The van der Waals surface area contributed by atoms with E-state index in [1.807, 2.05) is 41.9 Å². The fraction of sp³-hybridized carbons (Fsp3) is 0.375. The number of aliphatic hydroxyl groups is 2. The molecule has 0 radical (unpaired) electrons. The Morgan fingerprint density at radius 3 is 2.50 bits per heavy atom. The number of hydrogen-bond donors (Lipinski definition) is 2. The zero-order valence-electron chi connectivity index (χ0n) is 17.9. The molecule has 1 aromatic heterocycles. The summed E-state index contributed by atoms with van der Waals surface area (Å²) in [5.74, 6) is -0.467. The minimum Gasteiger partial charge on any atom is -0.394 e. The van der Waals surface area contributed by atoms with E-state index in [2.05, 4.69) is 4.98 Å². The van der Waals surface area contributed by atoms with Crippen LogP contribution in [0.2, 0.25) is 0 Å². The summed E-state index contributed by atoms with van der Waals surface area (Å²) >= 11 is 0. The molecule has 0 spiro atoms. The Kier molecular flexibility index (Phi) is 4.98. The van der Waals surface area contributed by atoms with Gasteiger partial charge in [-0.3, -0.25) is 9.59 Å². The summed E-state index contributed by atoms with van der Waals surface area (Å²) < 4.78 is 1.97. The summed E-state index contributed by atoms with van der Waals surface area (Å²) in [6.07, 6.45) is 2.71. The fourth-order valence-electron chi connectivity index (χ4n) is 4.37. The monoisotopic (exact) mass is 434 g/mol. The number of benzene rings is 2. The van der Waals surface area contributed by atoms with E-state index >= 15 is 0 Å². The average Bonchev–Trinajstić information content (AvgIpc) is 3.48. The lowest BCUT2D eigenvalue weighted by Crippen LogP contribution is -2.60. The molecule has 8 nitrogen and oxygen atoms in total. The van der Waals surface area contributed by atoms with Crippen LogP contribution in [0.1, 0.15) is 23.2 Å². The number of carbonyl (C=O) groups is 2. The normalized spacial score (nSPS) is 19.9. The number of rotatable bonds is 4. The van der Waals surface area contributed by atoms with E-state index < -0.39 is 11.6 Å². The van der Waals surface area contributed by atoms with Gasteiger partial charge in [0, 0.05) is 32.2 Å². The van der Waals surface area contributed by atoms with E-state index in [1.165, 1.54) is 4.90 Å². The van der Waals surface area contributed by atoms with E-state index in [0.29, 0.717) is 31.5 Å². The van der Waals surface area contributed by atoms with Crippen LogP contribution < -0.4 is 0 Å². The van der Waals surface area contributed by atoms with Gasteiger partial charge in [-0.15, -0.1) is 0 Å². The molecule has 2 amide bonds. The number of amides is 2. The Balaban J connectivity index is 1.29. The summed E-state index contributed by atoms with van der Waals surface area (Å²) in [6.45, 7) is 0.672. The van der Waals surface area contributed by atoms with Crippen LogP contribution in [0.5, 0.6) is 0 Å². The van der Waals surface area contributed by atoms with Gasteiger partial charge in [-0.1, -0.05) is 18.2 Å². The molecule has 2 aliphatic rings. The molecular formula is C24H26N4O4. The molecule has 5 rings (SSSR count). The number of imidazole rings is 1. The third-order valence-electron chi connectivity index (χ3n) is 6.55. The number of aryl methyl sites for hydroxylation is 1. The first kappa shape index (κ1) is 20.7. The van der Waals surface area contributed by atoms with Crippen LogP contribution in [0.4, 0.5) is 0 Å². The van der Waals surface area contributed by atoms with Crippen molar-refractivity contribution in [3.05, 3.63) is 54.4 Å². The number of piperazine rings is 1. The second kappa shape index (κ2) is 7.72. The highest BCUT2D eigenvalue weighted by molar-refractivity contribution is 5.95. The van der Waals surface area contributed by atoms with Gasteiger partial charge >= 0.3 is 0 Å². The van der Waals surface area contributed by atoms with Gasteiger partial charge in [-0.2, -0.15) is 0 Å². The van der Waals surface area contributed by atoms with E-state index in [1.54, 1.807) is 23.4 Å². The topological polar surface area (TPSA) is 98.9 Å². The molecule has 2 N–H and O–H groups in total. The van der Waals surface area contributed by atoms with Crippen molar-refractivity contribution >= 4 is 22.8 Å². The van der Waals surface area contributed by atoms with Crippen molar-refractivity contribution < 1.29 is 19.8 Å². The first-order valence-electron chi connectivity index (χ1n) is 10.8. The molecule has 166 valence electrons. The van der Waals surface area contributed by atoms with Gasteiger partial charge in [0.05, 0.1) is 30.0 Å². The zero-order chi connectivity index (χ0) is 22.5. The SMILES string of the molecule is Cn1cnc2cc(-c3ccc(C(=O)N4CCN(C(=O)C5(O)CC5)[C@@H](CO)C4)cc3)ccc21. The Morgan fingerprint density at radius 2 is 1.81 bits per heavy atom. The summed E-state index contributed by atoms with van der Waals surface area (Å²) in [4.78, 5) is 33.1. The van der Waals surface area contributed by atoms with Crippen LogP contribution in [-0.4, -0.2) is 79.3 Å². The maximum Gasteiger partial charge on any atom is 0.254 e. The third kappa shape index (κ3) is 3.55. The van der Waals surface area contributed by atoms with Gasteiger partial charge in [-0.05, 0) is 48.2 Å². The van der Waals surface area contributed by atoms with Gasteiger partial charge in [0.2, 0.25) is 0 Å². The van der Waals surface area contributed by atoms with Crippen LogP contribution in [0.3, 0.4) is 0 Å². The van der Waals surface area contributed by atoms with E-state index in [0.717, 1.165) is 22.2 Å². The molecule has 1 aliphatic carbocycles. The maximum atomic E-state index is 13.1. The maximum absolute atomic E-state index is 13.1. The van der Waals surface area contributed by atoms with Crippen molar-refractivity contribution in [3.63, 3.8) is 0 Å². The lowest BCUT2D eigenvalue weighted by atomic mass is 10.0. The number of carbonyl (C=O) groups excluding carboxylic acids is 2. The molecular weight excluding hydrogens is 408 g/mol. The van der Waals surface area contributed by atoms with Crippen LogP contribution in [0, 0.1) is 0 Å². The predicted octanol–water partition coefficient (Wildman–Crippen LogP) is 1.41. The van der Waals surface area contributed by atoms with Crippen molar-refractivity contribution in [1.82, 2.24) is 19.4 Å². The highest BCUT2D eigenvalue weighted by Gasteiger charge is 2.52. The van der Waals surface area contributed by atoms with Crippen LogP contribution in [0.15, 0.2) is 48.8 Å². The third-order valence-corrected chi connectivity index (χ3v) is 6.55. The van der Waals surface area contributed by atoms with Crippen LogP contribution in [0.25, 0.3) is 22.2 Å². The smallest absolute Gasteiger partial charge is 0.254 e. The molecule has 1 saturated heterocycles. The Bertz CT molecular complexity index is 1180. The fourth-order valence-corrected chi connectivity index (χ4v) is 4.37. The molecule has 0 unspecified atom stereocenters. The van der Waals surface area contributed by atoms with Crippen molar-refractivity contribution in [2.24, 2.45) is 7.05 Å². The Hall–Kier alpha value is -3.23. The highest BCUT2D eigenvalue weighted by atomic mass is 16.3. The van der Waals surface area contributed by atoms with E-state index in [-0.39, 0.29) is 25.0 Å². The van der Waals surface area contributed by atoms with E-state index in [9.17, 15) is 19.8 Å². The van der Waals surface area contributed by atoms with Gasteiger partial charge in [0.25, 0.3) is 11.8 Å². The molecule has 8 heteroatoms. The highest BCUT2D eigenvalue weighted by Crippen LogP contribution is 2.37. The number of aliphatic hydroxyl groups excluding tert-OH is 1. The molecule has 1 saturated carbocycles. The largest absolute Gasteiger partial charge is 0.394 e. The Labute approximate surface area is 185 Å². The zero-order valence-corrected chi connectivity index (χ0v) is 17.9. The summed E-state index contributed by atoms with van der Waals surface area (Å²) in [5, 5.41) is 19.9. The van der Waals surface area contributed by atoms with Crippen molar-refractivity contribution in [2.45, 2.75) is 24.5 Å². The van der Waals surface area contributed by atoms with Crippen molar-refractivity contribution in [2.75, 3.05) is 26.2 Å². The molecule has 0 bridgehead atoms. The van der Waals surface area contributed by atoms with Gasteiger partial charge < -0.3 is 24.6 Å². The van der Waals surface area contributed by atoms with Gasteiger partial charge in [0.1, 0.15) is 5.60 Å². The summed E-state index contributed by atoms with van der Waals surface area (Å²) in [6, 6.07) is 13.0. The standard InChI is InChI=1S/C24H26N4O4/c1-26-15-25-20-12-18(6-7-21(20)26)16-2-4-17(5-3-16)22(30)27-10-11-28(19(13-27)14-29)23(31)24(32)8-9-24/h2-7,12,15,19,29,32H,8-11,13-14H2,1H3/t19-/m1/s1. The number of fused-ring (bicyclic) bond motifs is 1. The first-order chi connectivity index (χ1) is 15.4. The van der Waals surface area contributed by atoms with E-state index in [4.69, 9.17) is 0 Å². The lowest BCUT2D eigenvalue weighted by molar-refractivity contribution is -0.148. The van der Waals surface area contributed by atoms with Crippen LogP contribution >= 0.6 is 0 Å². The molecule has 2 aromatic carbocycles. The molecule has 1 aliphatic heterocycles. The number of aromatic nitrogens is 2. The molecule has 1 atom stereocenters. The first-order valence-corrected chi connectivity index (χ1v) is 10.8. The quantitative estimate of drug-likeness (QED) is 0.647. The lowest BCUT2D eigenvalue weighted by Gasteiger charge is -2.41. The minimum absolute atomic E-state index is 0.132.